The first kappa shape index (κ1) is 17.6. The van der Waals surface area contributed by atoms with E-state index in [9.17, 15) is 14.7 Å². The lowest BCUT2D eigenvalue weighted by molar-refractivity contribution is -0.128. The van der Waals surface area contributed by atoms with E-state index in [1.165, 1.54) is 12.1 Å². The fraction of sp³-hybridized carbons (Fsp3) is 0.176. The van der Waals surface area contributed by atoms with Crippen LogP contribution in [0.1, 0.15) is 24.2 Å². The maximum Gasteiger partial charge on any atom is 0.335 e. The van der Waals surface area contributed by atoms with Crippen molar-refractivity contribution in [1.29, 1.82) is 0 Å². The first-order valence-corrected chi connectivity index (χ1v) is 7.39. The van der Waals surface area contributed by atoms with Gasteiger partial charge in [0.15, 0.2) is 5.60 Å². The van der Waals surface area contributed by atoms with Crippen molar-refractivity contribution >= 4 is 29.2 Å². The number of rotatable bonds is 5. The van der Waals surface area contributed by atoms with Gasteiger partial charge < -0.3 is 20.3 Å². The monoisotopic (exact) mass is 349 g/mol. The van der Waals surface area contributed by atoms with E-state index in [4.69, 9.17) is 21.4 Å². The predicted octanol–water partition coefficient (Wildman–Crippen LogP) is 3.54. The molecule has 0 unspecified atom stereocenters. The van der Waals surface area contributed by atoms with Crippen LogP contribution in [0.5, 0.6) is 11.5 Å². The van der Waals surface area contributed by atoms with E-state index in [0.717, 1.165) is 6.07 Å². The Morgan fingerprint density at radius 1 is 1.12 bits per heavy atom. The van der Waals surface area contributed by atoms with Crippen LogP contribution >= 0.6 is 11.6 Å². The SMILES string of the molecule is CC(C)(Oc1ccc(Cl)cc1)C(=O)Nc1ccc(C(=O)O)cc1O. The van der Waals surface area contributed by atoms with E-state index in [1.54, 1.807) is 38.1 Å². The molecule has 0 bridgehead atoms. The molecular weight excluding hydrogens is 334 g/mol. The minimum atomic E-state index is -1.23. The Morgan fingerprint density at radius 2 is 1.75 bits per heavy atom. The number of carboxylic acid groups (broad SMARTS) is 1. The van der Waals surface area contributed by atoms with Crippen molar-refractivity contribution in [2.24, 2.45) is 0 Å². The average molecular weight is 350 g/mol. The van der Waals surface area contributed by atoms with E-state index in [0.29, 0.717) is 10.8 Å². The largest absolute Gasteiger partial charge is 0.506 e. The molecule has 3 N–H and O–H groups in total. The number of nitrogens with one attached hydrogen (secondary N) is 1. The number of aromatic carboxylic acids is 1. The second-order valence-corrected chi connectivity index (χ2v) is 5.99. The molecule has 2 aromatic carbocycles. The molecule has 0 atom stereocenters. The molecule has 7 heteroatoms. The second kappa shape index (κ2) is 6.80. The van der Waals surface area contributed by atoms with Crippen LogP contribution in [0.2, 0.25) is 5.02 Å². The Kier molecular flexibility index (Phi) is 4.99. The van der Waals surface area contributed by atoms with Gasteiger partial charge in [0.1, 0.15) is 11.5 Å². The number of amides is 1. The second-order valence-electron chi connectivity index (χ2n) is 5.56. The highest BCUT2D eigenvalue weighted by atomic mass is 35.5. The summed E-state index contributed by atoms with van der Waals surface area (Å²) in [4.78, 5) is 23.2. The number of phenols is 1. The number of halogens is 1. The van der Waals surface area contributed by atoms with Crippen molar-refractivity contribution in [2.75, 3.05) is 5.32 Å². The zero-order chi connectivity index (χ0) is 17.9. The number of anilines is 1. The van der Waals surface area contributed by atoms with Crippen LogP contribution in [0, 0.1) is 0 Å². The van der Waals surface area contributed by atoms with Crippen LogP contribution in [-0.2, 0) is 4.79 Å². The lowest BCUT2D eigenvalue weighted by Crippen LogP contribution is -2.42. The topological polar surface area (TPSA) is 95.9 Å². The number of aromatic hydroxyl groups is 1. The zero-order valence-corrected chi connectivity index (χ0v) is 13.8. The van der Waals surface area contributed by atoms with Crippen molar-refractivity contribution < 1.29 is 24.5 Å². The van der Waals surface area contributed by atoms with Crippen molar-refractivity contribution in [3.63, 3.8) is 0 Å². The van der Waals surface area contributed by atoms with E-state index in [-0.39, 0.29) is 17.0 Å². The molecule has 0 spiro atoms. The number of carboxylic acids is 1. The Morgan fingerprint density at radius 3 is 2.29 bits per heavy atom. The van der Waals surface area contributed by atoms with Crippen molar-refractivity contribution in [1.82, 2.24) is 0 Å². The molecule has 2 aromatic rings. The molecule has 0 saturated carbocycles. The fourth-order valence-corrected chi connectivity index (χ4v) is 2.01. The normalized spacial score (nSPS) is 11.0. The van der Waals surface area contributed by atoms with Gasteiger partial charge >= 0.3 is 5.97 Å². The summed E-state index contributed by atoms with van der Waals surface area (Å²) in [5.74, 6) is -1.55. The van der Waals surface area contributed by atoms with Gasteiger partial charge in [0.2, 0.25) is 0 Å². The first-order chi connectivity index (χ1) is 11.2. The zero-order valence-electron chi connectivity index (χ0n) is 13.0. The minimum absolute atomic E-state index is 0.0813. The van der Waals surface area contributed by atoms with E-state index in [2.05, 4.69) is 5.32 Å². The molecule has 0 radical (unpaired) electrons. The fourth-order valence-electron chi connectivity index (χ4n) is 1.89. The highest BCUT2D eigenvalue weighted by Gasteiger charge is 2.30. The third-order valence-electron chi connectivity index (χ3n) is 3.23. The molecule has 0 fully saturated rings. The number of ether oxygens (including phenoxy) is 1. The van der Waals surface area contributed by atoms with Crippen LogP contribution in [0.25, 0.3) is 0 Å². The van der Waals surface area contributed by atoms with Crippen molar-refractivity contribution in [3.8, 4) is 11.5 Å². The smallest absolute Gasteiger partial charge is 0.335 e. The number of hydrogen-bond acceptors (Lipinski definition) is 4. The molecule has 24 heavy (non-hydrogen) atoms. The summed E-state index contributed by atoms with van der Waals surface area (Å²) in [6, 6.07) is 10.2. The van der Waals surface area contributed by atoms with Gasteiger partial charge in [-0.2, -0.15) is 0 Å². The van der Waals surface area contributed by atoms with Gasteiger partial charge in [0.25, 0.3) is 5.91 Å². The third kappa shape index (κ3) is 4.17. The standard InChI is InChI=1S/C17H16ClNO5/c1-17(2,24-12-6-4-11(18)5-7-12)16(23)19-13-8-3-10(15(21)22)9-14(13)20/h3-9,20H,1-2H3,(H,19,23)(H,21,22). The third-order valence-corrected chi connectivity index (χ3v) is 3.48. The van der Waals surface area contributed by atoms with Crippen molar-refractivity contribution in [2.45, 2.75) is 19.4 Å². The number of carbonyl (C=O) groups is 2. The average Bonchev–Trinajstić information content (AvgIpc) is 2.51. The summed E-state index contributed by atoms with van der Waals surface area (Å²) in [5, 5.41) is 21.8. The molecule has 126 valence electrons. The minimum Gasteiger partial charge on any atom is -0.506 e. The summed E-state index contributed by atoms with van der Waals surface area (Å²) in [6.45, 7) is 3.14. The van der Waals surface area contributed by atoms with Crippen molar-refractivity contribution in [3.05, 3.63) is 53.1 Å². The van der Waals surface area contributed by atoms with Gasteiger partial charge in [-0.15, -0.1) is 0 Å². The van der Waals surface area contributed by atoms with E-state index >= 15 is 0 Å². The van der Waals surface area contributed by atoms with Crippen LogP contribution in [0.3, 0.4) is 0 Å². The van der Waals surface area contributed by atoms with Gasteiger partial charge in [0, 0.05) is 5.02 Å². The molecule has 0 aliphatic carbocycles. The summed E-state index contributed by atoms with van der Waals surface area (Å²) in [7, 11) is 0. The lowest BCUT2D eigenvalue weighted by atomic mass is 10.1. The Labute approximate surface area is 143 Å². The maximum absolute atomic E-state index is 12.4. The van der Waals surface area contributed by atoms with Gasteiger partial charge in [0.05, 0.1) is 11.3 Å². The molecular formula is C17H16ClNO5. The van der Waals surface area contributed by atoms with Crippen LogP contribution in [0.15, 0.2) is 42.5 Å². The predicted molar refractivity (Wildman–Crippen MR) is 89.9 cm³/mol. The maximum atomic E-state index is 12.4. The summed E-state index contributed by atoms with van der Waals surface area (Å²) in [6.07, 6.45) is 0. The molecule has 0 aromatic heterocycles. The number of hydrogen-bond donors (Lipinski definition) is 3. The van der Waals surface area contributed by atoms with Crippen LogP contribution in [-0.4, -0.2) is 27.7 Å². The number of phenolic OH excluding ortho intramolecular Hbond substituents is 1. The van der Waals surface area contributed by atoms with Gasteiger partial charge in [-0.25, -0.2) is 4.79 Å². The molecule has 2 rings (SSSR count). The van der Waals surface area contributed by atoms with Gasteiger partial charge in [-0.3, -0.25) is 4.79 Å². The molecule has 1 amide bonds. The van der Waals surface area contributed by atoms with Crippen LogP contribution < -0.4 is 10.1 Å². The quantitative estimate of drug-likeness (QED) is 0.717. The van der Waals surface area contributed by atoms with Crippen LogP contribution in [0.4, 0.5) is 5.69 Å². The van der Waals surface area contributed by atoms with E-state index < -0.39 is 17.5 Å². The Balaban J connectivity index is 2.12. The van der Waals surface area contributed by atoms with Gasteiger partial charge in [-0.05, 0) is 56.3 Å². The molecule has 0 saturated heterocycles. The summed E-state index contributed by atoms with van der Waals surface area (Å²) in [5.41, 5.74) is -1.22. The molecule has 0 aliphatic heterocycles. The Bertz CT molecular complexity index is 771. The molecule has 0 aliphatic rings. The number of carbonyl (C=O) groups excluding carboxylic acids is 1. The highest BCUT2D eigenvalue weighted by molar-refractivity contribution is 6.30. The first-order valence-electron chi connectivity index (χ1n) is 7.01. The van der Waals surface area contributed by atoms with Gasteiger partial charge in [-0.1, -0.05) is 11.6 Å². The molecule has 0 heterocycles. The highest BCUT2D eigenvalue weighted by Crippen LogP contribution is 2.27. The van der Waals surface area contributed by atoms with E-state index in [1.807, 2.05) is 0 Å². The lowest BCUT2D eigenvalue weighted by Gasteiger charge is -2.25. The molecule has 6 nitrogen and oxygen atoms in total. The Hall–Kier alpha value is -2.73. The summed E-state index contributed by atoms with van der Waals surface area (Å²) < 4.78 is 5.65. The summed E-state index contributed by atoms with van der Waals surface area (Å²) >= 11 is 5.80. The number of benzene rings is 2.